The van der Waals surface area contributed by atoms with E-state index in [-0.39, 0.29) is 5.56 Å². The quantitative estimate of drug-likeness (QED) is 0.870. The zero-order chi connectivity index (χ0) is 9.84. The fraction of sp³-hybridized carbons (Fsp3) is 0.222. The summed E-state index contributed by atoms with van der Waals surface area (Å²) in [5.41, 5.74) is 1.19. The van der Waals surface area contributed by atoms with E-state index < -0.39 is 27.2 Å². The molecule has 1 aromatic rings. The van der Waals surface area contributed by atoms with Gasteiger partial charge in [0.2, 0.25) is 0 Å². The Morgan fingerprint density at radius 1 is 1.54 bits per heavy atom. The largest absolute Gasteiger partial charge is 0.478 e. The summed E-state index contributed by atoms with van der Waals surface area (Å²) in [4.78, 5) is 10.7. The highest BCUT2D eigenvalue weighted by Crippen LogP contribution is 2.18. The van der Waals surface area contributed by atoms with E-state index in [1.54, 1.807) is 12.1 Å². The molecule has 0 atom stereocenters. The van der Waals surface area contributed by atoms with Gasteiger partial charge in [0.1, 0.15) is 0 Å². The predicted molar refractivity (Wildman–Crippen MR) is 56.2 cm³/mol. The molecule has 0 fully saturated rings. The summed E-state index contributed by atoms with van der Waals surface area (Å²) in [5.74, 6) is -1.01. The molecule has 13 heavy (non-hydrogen) atoms. The summed E-state index contributed by atoms with van der Waals surface area (Å²) in [6.07, 6.45) is 0.830. The van der Waals surface area contributed by atoms with E-state index in [0.717, 1.165) is 12.0 Å². The van der Waals surface area contributed by atoms with E-state index in [9.17, 15) is 7.86 Å². The number of carboxylic acid groups (broad SMARTS) is 1. The van der Waals surface area contributed by atoms with Gasteiger partial charge in [0, 0.05) is 0 Å². The molecule has 70 valence electrons. The predicted octanol–water partition coefficient (Wildman–Crippen LogP) is 2.43. The zero-order valence-electron chi connectivity index (χ0n) is 7.08. The van der Waals surface area contributed by atoms with Crippen molar-refractivity contribution in [3.05, 3.63) is 32.9 Å². The van der Waals surface area contributed by atoms with Crippen molar-refractivity contribution in [2.45, 2.75) is 13.3 Å². The molecule has 1 rings (SSSR count). The average molecular weight is 292 g/mol. The molecule has 0 bridgehead atoms. The minimum Gasteiger partial charge on any atom is -0.478 e. The van der Waals surface area contributed by atoms with E-state index in [4.69, 9.17) is 5.11 Å². The normalized spacial score (nSPS) is 9.92. The minimum absolute atomic E-state index is 0.167. The highest BCUT2D eigenvalue weighted by molar-refractivity contribution is 14.1. The Balaban J connectivity index is 3.23. The van der Waals surface area contributed by atoms with Crippen molar-refractivity contribution < 1.29 is 13.0 Å². The number of hydrogen-bond donors (Lipinski definition) is 1. The van der Waals surface area contributed by atoms with Crippen LogP contribution in [0.3, 0.4) is 0 Å². The number of aromatic carboxylic acids is 1. The highest BCUT2D eigenvalue weighted by atomic mass is 127. The lowest BCUT2D eigenvalue weighted by Crippen LogP contribution is -2.00. The lowest BCUT2D eigenvalue weighted by Gasteiger charge is -2.00. The van der Waals surface area contributed by atoms with Gasteiger partial charge in [-0.05, 0) is 24.1 Å². The number of carbonyl (C=O) groups is 1. The van der Waals surface area contributed by atoms with Gasteiger partial charge in [-0.25, -0.2) is 4.79 Å². The van der Waals surface area contributed by atoms with Crippen LogP contribution < -0.4 is 0 Å². The molecule has 0 radical (unpaired) electrons. The second-order valence-electron chi connectivity index (χ2n) is 2.55. The second kappa shape index (κ2) is 4.45. The molecule has 4 heteroatoms. The Hall–Kier alpha value is -0.780. The third-order valence-electron chi connectivity index (χ3n) is 1.76. The third kappa shape index (κ3) is 2.33. The number of aryl methyl sites for hydroxylation is 1. The van der Waals surface area contributed by atoms with Crippen LogP contribution in [0.25, 0.3) is 0 Å². The molecule has 0 heterocycles. The van der Waals surface area contributed by atoms with Crippen LogP contribution in [0.4, 0.5) is 0 Å². The van der Waals surface area contributed by atoms with Gasteiger partial charge in [0.05, 0.1) is 9.13 Å². The Labute approximate surface area is 86.4 Å². The third-order valence-corrected chi connectivity index (χ3v) is 3.12. The molecule has 0 saturated carbocycles. The van der Waals surface area contributed by atoms with Crippen molar-refractivity contribution in [2.24, 2.45) is 0 Å². The monoisotopic (exact) mass is 292 g/mol. The molecule has 3 nitrogen and oxygen atoms in total. The first kappa shape index (κ1) is 10.3. The van der Waals surface area contributed by atoms with Crippen molar-refractivity contribution >= 4 is 27.2 Å². The molecular weight excluding hydrogens is 283 g/mol. The number of halogens is 1. The Morgan fingerprint density at radius 3 is 2.69 bits per heavy atom. The zero-order valence-corrected chi connectivity index (χ0v) is 9.24. The van der Waals surface area contributed by atoms with Gasteiger partial charge < -0.3 is 5.11 Å². The fourth-order valence-electron chi connectivity index (χ4n) is 1.02. The lowest BCUT2D eigenvalue weighted by atomic mass is 10.1. The topological polar surface area (TPSA) is 54.4 Å². The van der Waals surface area contributed by atoms with Crippen LogP contribution in [-0.4, -0.2) is 11.1 Å². The summed E-state index contributed by atoms with van der Waals surface area (Å²) in [7, 11) is 0. The van der Waals surface area contributed by atoms with Crippen molar-refractivity contribution in [2.75, 3.05) is 0 Å². The van der Waals surface area contributed by atoms with Crippen LogP contribution in [0.15, 0.2) is 18.2 Å². The Morgan fingerprint density at radius 2 is 2.23 bits per heavy atom. The SMILES string of the molecule is CCc1ccc(C(=O)O)c(I=O)c1. The van der Waals surface area contributed by atoms with E-state index in [1.807, 2.05) is 6.92 Å². The molecule has 0 aliphatic rings. The molecule has 1 N–H and O–H groups in total. The van der Waals surface area contributed by atoms with Crippen LogP contribution in [0.2, 0.25) is 0 Å². The molecule has 1 aromatic carbocycles. The van der Waals surface area contributed by atoms with Crippen molar-refractivity contribution in [3.8, 4) is 0 Å². The van der Waals surface area contributed by atoms with Crippen molar-refractivity contribution in [3.63, 3.8) is 0 Å². The van der Waals surface area contributed by atoms with Gasteiger partial charge in [-0.3, -0.25) is 3.07 Å². The van der Waals surface area contributed by atoms with Gasteiger partial charge in [0.15, 0.2) is 21.2 Å². The molecule has 0 amide bonds. The molecule has 0 aliphatic carbocycles. The number of hydrogen-bond acceptors (Lipinski definition) is 2. The maximum Gasteiger partial charge on any atom is 0.336 e. The Bertz CT molecular complexity index is 347. The van der Waals surface area contributed by atoms with Crippen LogP contribution in [-0.2, 0) is 9.49 Å². The van der Waals surface area contributed by atoms with Crippen molar-refractivity contribution in [1.29, 1.82) is 0 Å². The number of carboxylic acids is 1. The highest BCUT2D eigenvalue weighted by Gasteiger charge is 2.09. The molecule has 0 spiro atoms. The van der Waals surface area contributed by atoms with Gasteiger partial charge in [-0.15, -0.1) is 0 Å². The van der Waals surface area contributed by atoms with Crippen LogP contribution >= 0.6 is 21.2 Å². The maximum atomic E-state index is 10.8. The fourth-order valence-corrected chi connectivity index (χ4v) is 2.19. The lowest BCUT2D eigenvalue weighted by molar-refractivity contribution is 0.0695. The van der Waals surface area contributed by atoms with Crippen molar-refractivity contribution in [1.82, 2.24) is 0 Å². The van der Waals surface area contributed by atoms with E-state index >= 15 is 0 Å². The minimum atomic E-state index is -1.40. The van der Waals surface area contributed by atoms with Gasteiger partial charge >= 0.3 is 5.97 Å². The summed E-state index contributed by atoms with van der Waals surface area (Å²) in [6.45, 7) is 1.97. The van der Waals surface area contributed by atoms with Gasteiger partial charge in [-0.1, -0.05) is 13.0 Å². The first-order chi connectivity index (χ1) is 6.19. The van der Waals surface area contributed by atoms with Gasteiger partial charge in [0.25, 0.3) is 0 Å². The van der Waals surface area contributed by atoms with E-state index in [1.165, 1.54) is 6.07 Å². The average Bonchev–Trinajstić information content (AvgIpc) is 2.16. The number of rotatable bonds is 3. The molecule has 0 saturated heterocycles. The second-order valence-corrected chi connectivity index (χ2v) is 4.15. The van der Waals surface area contributed by atoms with Crippen LogP contribution in [0, 0.1) is 3.57 Å². The molecule has 0 aliphatic heterocycles. The van der Waals surface area contributed by atoms with E-state index in [2.05, 4.69) is 0 Å². The first-order valence-electron chi connectivity index (χ1n) is 3.82. The first-order valence-corrected chi connectivity index (χ1v) is 5.78. The Kier molecular flexibility index (Phi) is 3.53. The number of benzene rings is 1. The van der Waals surface area contributed by atoms with Gasteiger partial charge in [-0.2, -0.15) is 0 Å². The summed E-state index contributed by atoms with van der Waals surface area (Å²) in [6, 6.07) is 4.99. The summed E-state index contributed by atoms with van der Waals surface area (Å²) >= 11 is -1.40. The standard InChI is InChI=1S/C9H9IO3/c1-2-6-3-4-7(9(11)12)8(5-6)10-13/h3-5H,2H2,1H3,(H,11,12). The van der Waals surface area contributed by atoms with Crippen LogP contribution in [0.5, 0.6) is 0 Å². The van der Waals surface area contributed by atoms with E-state index in [0.29, 0.717) is 3.57 Å². The van der Waals surface area contributed by atoms with Crippen LogP contribution in [0.1, 0.15) is 22.8 Å². The summed E-state index contributed by atoms with van der Waals surface area (Å²) < 4.78 is 11.2. The summed E-state index contributed by atoms with van der Waals surface area (Å²) in [5, 5.41) is 8.74. The molecular formula is C9H9IO3. The molecule has 0 unspecified atom stereocenters. The maximum absolute atomic E-state index is 10.8. The smallest absolute Gasteiger partial charge is 0.336 e. The molecule has 0 aromatic heterocycles.